The van der Waals surface area contributed by atoms with Gasteiger partial charge in [-0.1, -0.05) is 12.1 Å². The lowest BCUT2D eigenvalue weighted by molar-refractivity contribution is -0.120. The monoisotopic (exact) mass is 350 g/mol. The quantitative estimate of drug-likeness (QED) is 0.707. The minimum absolute atomic E-state index is 0.0201. The molecule has 1 aliphatic carbocycles. The van der Waals surface area contributed by atoms with Gasteiger partial charge in [0.1, 0.15) is 5.82 Å². The van der Waals surface area contributed by atoms with E-state index in [2.05, 4.69) is 24.5 Å². The first kappa shape index (κ1) is 19.9. The fourth-order valence-electron chi connectivity index (χ4n) is 3.93. The van der Waals surface area contributed by atoms with Crippen molar-refractivity contribution in [2.24, 2.45) is 5.92 Å². The SMILES string of the molecule is CC(=O)NC(C)(C)C[C@H]1CC[C@@H](NC[C@H](O)c2cccc(F)c2)CC1. The van der Waals surface area contributed by atoms with Crippen LogP contribution in [-0.2, 0) is 4.79 Å². The van der Waals surface area contributed by atoms with Crippen LogP contribution in [0.5, 0.6) is 0 Å². The van der Waals surface area contributed by atoms with Crippen LogP contribution in [-0.4, -0.2) is 29.1 Å². The van der Waals surface area contributed by atoms with E-state index in [-0.39, 0.29) is 17.3 Å². The average molecular weight is 350 g/mol. The van der Waals surface area contributed by atoms with E-state index in [1.807, 2.05) is 0 Å². The zero-order valence-corrected chi connectivity index (χ0v) is 15.5. The third-order valence-electron chi connectivity index (χ3n) is 4.99. The highest BCUT2D eigenvalue weighted by atomic mass is 19.1. The number of hydrogen-bond donors (Lipinski definition) is 3. The molecule has 1 aromatic carbocycles. The van der Waals surface area contributed by atoms with E-state index in [0.29, 0.717) is 24.1 Å². The fourth-order valence-corrected chi connectivity index (χ4v) is 3.93. The van der Waals surface area contributed by atoms with Crippen LogP contribution in [0.3, 0.4) is 0 Å². The van der Waals surface area contributed by atoms with Gasteiger partial charge < -0.3 is 15.7 Å². The van der Waals surface area contributed by atoms with Gasteiger partial charge in [0.15, 0.2) is 0 Å². The van der Waals surface area contributed by atoms with Crippen LogP contribution in [0.4, 0.5) is 4.39 Å². The molecule has 0 saturated heterocycles. The Bertz CT molecular complexity index is 569. The fraction of sp³-hybridized carbons (Fsp3) is 0.650. The van der Waals surface area contributed by atoms with Gasteiger partial charge in [-0.05, 0) is 69.6 Å². The van der Waals surface area contributed by atoms with Crippen LogP contribution >= 0.6 is 0 Å². The Morgan fingerprint density at radius 3 is 2.60 bits per heavy atom. The molecule has 1 aromatic rings. The molecule has 0 aliphatic heterocycles. The Hall–Kier alpha value is -1.46. The molecule has 1 saturated carbocycles. The maximum absolute atomic E-state index is 13.2. The van der Waals surface area contributed by atoms with Gasteiger partial charge in [0.2, 0.25) is 5.91 Å². The summed E-state index contributed by atoms with van der Waals surface area (Å²) in [7, 11) is 0. The number of carbonyl (C=O) groups is 1. The van der Waals surface area contributed by atoms with Gasteiger partial charge in [0.25, 0.3) is 0 Å². The normalized spacial score (nSPS) is 22.4. The van der Waals surface area contributed by atoms with Gasteiger partial charge in [-0.2, -0.15) is 0 Å². The first-order chi connectivity index (χ1) is 11.7. The topological polar surface area (TPSA) is 61.4 Å². The standard InChI is InChI=1S/C20H31FN2O2/c1-14(24)23-20(2,3)12-15-7-9-18(10-8-15)22-13-19(25)16-5-4-6-17(21)11-16/h4-6,11,15,18-19,22,25H,7-10,12-13H2,1-3H3,(H,23,24)/t15-,18+,19-/m0/s1. The molecule has 1 atom stereocenters. The number of carbonyl (C=O) groups excluding carboxylic acids is 1. The van der Waals surface area contributed by atoms with Crippen LogP contribution < -0.4 is 10.6 Å². The van der Waals surface area contributed by atoms with Crippen molar-refractivity contribution in [3.63, 3.8) is 0 Å². The van der Waals surface area contributed by atoms with Crippen molar-refractivity contribution in [3.8, 4) is 0 Å². The number of nitrogens with one attached hydrogen (secondary N) is 2. The summed E-state index contributed by atoms with van der Waals surface area (Å²) in [5.74, 6) is 0.318. The predicted molar refractivity (Wildman–Crippen MR) is 97.6 cm³/mol. The van der Waals surface area contributed by atoms with Gasteiger partial charge in [-0.25, -0.2) is 4.39 Å². The molecule has 5 heteroatoms. The molecular weight excluding hydrogens is 319 g/mol. The van der Waals surface area contributed by atoms with E-state index in [9.17, 15) is 14.3 Å². The molecule has 2 rings (SSSR count). The highest BCUT2D eigenvalue weighted by Crippen LogP contribution is 2.31. The molecule has 0 aromatic heterocycles. The smallest absolute Gasteiger partial charge is 0.217 e. The Balaban J connectivity index is 1.72. The molecule has 1 aliphatic rings. The number of hydrogen-bond acceptors (Lipinski definition) is 3. The number of amides is 1. The molecule has 1 fully saturated rings. The second-order valence-electron chi connectivity index (χ2n) is 7.97. The highest BCUT2D eigenvalue weighted by molar-refractivity contribution is 5.73. The number of benzene rings is 1. The minimum Gasteiger partial charge on any atom is -0.387 e. The summed E-state index contributed by atoms with van der Waals surface area (Å²) in [6.45, 7) is 6.16. The van der Waals surface area contributed by atoms with Crippen LogP contribution in [0, 0.1) is 11.7 Å². The largest absolute Gasteiger partial charge is 0.387 e. The first-order valence-corrected chi connectivity index (χ1v) is 9.21. The minimum atomic E-state index is -0.688. The third kappa shape index (κ3) is 6.75. The molecule has 0 heterocycles. The molecule has 140 valence electrons. The van der Waals surface area contributed by atoms with Crippen LogP contribution in [0.2, 0.25) is 0 Å². The lowest BCUT2D eigenvalue weighted by Crippen LogP contribution is -2.44. The molecular formula is C20H31FN2O2. The second-order valence-corrected chi connectivity index (χ2v) is 7.97. The van der Waals surface area contributed by atoms with Crippen molar-refractivity contribution in [1.82, 2.24) is 10.6 Å². The van der Waals surface area contributed by atoms with Crippen molar-refractivity contribution in [2.75, 3.05) is 6.54 Å². The van der Waals surface area contributed by atoms with Crippen molar-refractivity contribution in [2.45, 2.75) is 70.6 Å². The van der Waals surface area contributed by atoms with Crippen molar-refractivity contribution >= 4 is 5.91 Å². The van der Waals surface area contributed by atoms with E-state index in [1.165, 1.54) is 12.1 Å². The lowest BCUT2D eigenvalue weighted by atomic mass is 9.79. The van der Waals surface area contributed by atoms with E-state index in [1.54, 1.807) is 19.1 Å². The van der Waals surface area contributed by atoms with Crippen LogP contribution in [0.1, 0.15) is 64.5 Å². The molecule has 0 spiro atoms. The maximum Gasteiger partial charge on any atom is 0.217 e. The third-order valence-corrected chi connectivity index (χ3v) is 4.99. The highest BCUT2D eigenvalue weighted by Gasteiger charge is 2.28. The number of aliphatic hydroxyl groups is 1. The summed E-state index contributed by atoms with van der Waals surface area (Å²) in [6, 6.07) is 6.52. The number of aliphatic hydroxyl groups excluding tert-OH is 1. The Morgan fingerprint density at radius 2 is 2.00 bits per heavy atom. The summed E-state index contributed by atoms with van der Waals surface area (Å²) in [6.07, 6.45) is 4.68. The predicted octanol–water partition coefficient (Wildman–Crippen LogP) is 3.31. The first-order valence-electron chi connectivity index (χ1n) is 9.21. The molecule has 25 heavy (non-hydrogen) atoms. The van der Waals surface area contributed by atoms with Crippen molar-refractivity contribution in [3.05, 3.63) is 35.6 Å². The van der Waals surface area contributed by atoms with E-state index in [0.717, 1.165) is 32.1 Å². The molecule has 0 unspecified atom stereocenters. The average Bonchev–Trinajstić information content (AvgIpc) is 2.52. The van der Waals surface area contributed by atoms with E-state index in [4.69, 9.17) is 0 Å². The van der Waals surface area contributed by atoms with Crippen molar-refractivity contribution in [1.29, 1.82) is 0 Å². The summed E-state index contributed by atoms with van der Waals surface area (Å²) in [5.41, 5.74) is 0.447. The van der Waals surface area contributed by atoms with Crippen LogP contribution in [0.25, 0.3) is 0 Å². The second kappa shape index (κ2) is 8.77. The maximum atomic E-state index is 13.2. The summed E-state index contributed by atoms with van der Waals surface area (Å²) < 4.78 is 13.2. The van der Waals surface area contributed by atoms with E-state index < -0.39 is 6.10 Å². The van der Waals surface area contributed by atoms with Gasteiger partial charge in [-0.15, -0.1) is 0 Å². The summed E-state index contributed by atoms with van der Waals surface area (Å²) in [4.78, 5) is 11.3. The van der Waals surface area contributed by atoms with Gasteiger partial charge in [-0.3, -0.25) is 4.79 Å². The molecule has 1 amide bonds. The van der Waals surface area contributed by atoms with Crippen molar-refractivity contribution < 1.29 is 14.3 Å². The molecule has 4 nitrogen and oxygen atoms in total. The Labute approximate surface area is 150 Å². The molecule has 3 N–H and O–H groups in total. The Morgan fingerprint density at radius 1 is 1.32 bits per heavy atom. The zero-order chi connectivity index (χ0) is 18.4. The zero-order valence-electron chi connectivity index (χ0n) is 15.5. The van der Waals surface area contributed by atoms with Gasteiger partial charge in [0, 0.05) is 25.0 Å². The lowest BCUT2D eigenvalue weighted by Gasteiger charge is -2.35. The van der Waals surface area contributed by atoms with E-state index >= 15 is 0 Å². The molecule has 0 radical (unpaired) electrons. The summed E-state index contributed by atoms with van der Waals surface area (Å²) in [5, 5.41) is 16.6. The van der Waals surface area contributed by atoms with Gasteiger partial charge in [0.05, 0.1) is 6.10 Å². The number of halogens is 1. The summed E-state index contributed by atoms with van der Waals surface area (Å²) >= 11 is 0. The Kier molecular flexibility index (Phi) is 6.96. The van der Waals surface area contributed by atoms with Gasteiger partial charge >= 0.3 is 0 Å². The number of rotatable bonds is 7. The van der Waals surface area contributed by atoms with Crippen LogP contribution in [0.15, 0.2) is 24.3 Å². The molecule has 0 bridgehead atoms.